The van der Waals surface area contributed by atoms with Gasteiger partial charge in [0.15, 0.2) is 0 Å². The molecule has 2 aliphatic rings. The second-order valence-corrected chi connectivity index (χ2v) is 8.88. The zero-order chi connectivity index (χ0) is 23.9. The van der Waals surface area contributed by atoms with E-state index in [4.69, 9.17) is 27.6 Å². The fourth-order valence-electron chi connectivity index (χ4n) is 4.30. The van der Waals surface area contributed by atoms with Gasteiger partial charge in [0, 0.05) is 23.6 Å². The zero-order valence-electron chi connectivity index (χ0n) is 18.5. The summed E-state index contributed by atoms with van der Waals surface area (Å²) in [6, 6.07) is 6.67. The third-order valence-corrected chi connectivity index (χ3v) is 6.58. The molecule has 1 aromatic carbocycles. The molecule has 10 heteroatoms. The molecule has 3 heterocycles. The number of nitrogens with one attached hydrogen (secondary N) is 1. The number of benzene rings is 1. The van der Waals surface area contributed by atoms with Gasteiger partial charge in [0.05, 0.1) is 36.7 Å². The highest BCUT2D eigenvalue weighted by Crippen LogP contribution is 2.39. The molecule has 0 unspecified atom stereocenters. The smallest absolute Gasteiger partial charge is 0.322 e. The average molecular weight is 491 g/mol. The fraction of sp³-hybridized carbons (Fsp3) is 0.348. The van der Waals surface area contributed by atoms with E-state index >= 15 is 0 Å². The molecule has 33 heavy (non-hydrogen) atoms. The molecule has 2 aliphatic heterocycles. The van der Waals surface area contributed by atoms with Crippen LogP contribution < -0.4 is 5.32 Å². The second kappa shape index (κ2) is 9.11. The van der Waals surface area contributed by atoms with Gasteiger partial charge in [-0.25, -0.2) is 4.79 Å². The summed E-state index contributed by atoms with van der Waals surface area (Å²) in [4.78, 5) is 44.1. The molecule has 2 aromatic rings. The summed E-state index contributed by atoms with van der Waals surface area (Å²) in [7, 11) is 1.66. The number of urea groups is 1. The van der Waals surface area contributed by atoms with E-state index in [1.54, 1.807) is 50.6 Å². The number of rotatable bonds is 6. The Morgan fingerprint density at radius 3 is 2.70 bits per heavy atom. The number of hydrogen-bond donors (Lipinski definition) is 1. The Morgan fingerprint density at radius 2 is 2.06 bits per heavy atom. The minimum absolute atomic E-state index is 0.151. The Labute approximate surface area is 201 Å². The largest absolute Gasteiger partial charge is 0.467 e. The van der Waals surface area contributed by atoms with Crippen LogP contribution in [0.25, 0.3) is 0 Å². The molecule has 174 valence electrons. The van der Waals surface area contributed by atoms with Crippen molar-refractivity contribution in [1.29, 1.82) is 0 Å². The minimum atomic E-state index is -0.738. The molecule has 0 aliphatic carbocycles. The normalized spacial score (nSPS) is 19.0. The van der Waals surface area contributed by atoms with Crippen LogP contribution in [0.1, 0.15) is 31.2 Å². The van der Waals surface area contributed by atoms with Gasteiger partial charge in [0.1, 0.15) is 11.8 Å². The van der Waals surface area contributed by atoms with Crippen molar-refractivity contribution in [3.8, 4) is 0 Å². The van der Waals surface area contributed by atoms with Crippen LogP contribution in [0.5, 0.6) is 0 Å². The molecule has 4 amide bonds. The van der Waals surface area contributed by atoms with E-state index in [0.29, 0.717) is 39.2 Å². The Bertz CT molecular complexity index is 1130. The maximum atomic E-state index is 13.6. The van der Waals surface area contributed by atoms with Crippen LogP contribution in [0.3, 0.4) is 0 Å². The number of nitrogens with zero attached hydrogens (tertiary/aromatic N) is 3. The lowest BCUT2D eigenvalue weighted by molar-refractivity contribution is -0.141. The summed E-state index contributed by atoms with van der Waals surface area (Å²) in [5.41, 5.74) is 1.56. The average Bonchev–Trinajstić information content (AvgIpc) is 3.40. The van der Waals surface area contributed by atoms with Crippen molar-refractivity contribution in [3.05, 3.63) is 69.2 Å². The van der Waals surface area contributed by atoms with Gasteiger partial charge < -0.3 is 19.5 Å². The Morgan fingerprint density at radius 1 is 1.30 bits per heavy atom. The fourth-order valence-corrected chi connectivity index (χ4v) is 4.81. The highest BCUT2D eigenvalue weighted by molar-refractivity contribution is 6.35. The molecule has 4 rings (SSSR count). The van der Waals surface area contributed by atoms with E-state index in [1.165, 1.54) is 14.7 Å². The topological polar surface area (TPSA) is 86.1 Å². The highest BCUT2D eigenvalue weighted by atomic mass is 35.5. The molecule has 0 fully saturated rings. The summed E-state index contributed by atoms with van der Waals surface area (Å²) in [5.74, 6) is 0.0994. The van der Waals surface area contributed by atoms with Crippen molar-refractivity contribution in [3.63, 3.8) is 0 Å². The van der Waals surface area contributed by atoms with Gasteiger partial charge in [-0.1, -0.05) is 29.3 Å². The highest BCUT2D eigenvalue weighted by Gasteiger charge is 2.46. The molecular formula is C23H24Cl2N4O4. The Balaban J connectivity index is 1.63. The van der Waals surface area contributed by atoms with E-state index in [-0.39, 0.29) is 30.9 Å². The Kier molecular flexibility index (Phi) is 6.41. The molecule has 0 saturated heterocycles. The van der Waals surface area contributed by atoms with Crippen LogP contribution in [-0.2, 0) is 16.1 Å². The summed E-state index contributed by atoms with van der Waals surface area (Å²) >= 11 is 12.4. The molecular weight excluding hydrogens is 467 g/mol. The number of hydrogen-bond acceptors (Lipinski definition) is 4. The van der Waals surface area contributed by atoms with E-state index in [9.17, 15) is 14.4 Å². The minimum Gasteiger partial charge on any atom is -0.467 e. The maximum Gasteiger partial charge on any atom is 0.322 e. The van der Waals surface area contributed by atoms with Crippen molar-refractivity contribution < 1.29 is 18.8 Å². The van der Waals surface area contributed by atoms with Crippen molar-refractivity contribution in [1.82, 2.24) is 20.0 Å². The van der Waals surface area contributed by atoms with Crippen LogP contribution in [0.4, 0.5) is 4.79 Å². The van der Waals surface area contributed by atoms with Gasteiger partial charge in [-0.05, 0) is 43.7 Å². The molecule has 0 spiro atoms. The number of likely N-dealkylation sites (N-methyl/N-ethyl adjacent to an activating group) is 2. The predicted molar refractivity (Wildman–Crippen MR) is 123 cm³/mol. The van der Waals surface area contributed by atoms with Crippen molar-refractivity contribution >= 4 is 41.0 Å². The molecule has 0 bridgehead atoms. The van der Waals surface area contributed by atoms with Gasteiger partial charge in [-0.2, -0.15) is 0 Å². The first kappa shape index (κ1) is 23.2. The lowest BCUT2D eigenvalue weighted by Crippen LogP contribution is -2.47. The van der Waals surface area contributed by atoms with Crippen LogP contribution in [0, 0.1) is 0 Å². The third kappa shape index (κ3) is 4.20. The van der Waals surface area contributed by atoms with Gasteiger partial charge in [0.25, 0.3) is 5.91 Å². The van der Waals surface area contributed by atoms with E-state index in [2.05, 4.69) is 5.32 Å². The molecule has 1 N–H and O–H groups in total. The van der Waals surface area contributed by atoms with Gasteiger partial charge in [0.2, 0.25) is 5.91 Å². The summed E-state index contributed by atoms with van der Waals surface area (Å²) in [6.45, 7) is 4.34. The lowest BCUT2D eigenvalue weighted by Gasteiger charge is -2.33. The van der Waals surface area contributed by atoms with Crippen LogP contribution in [-0.4, -0.2) is 58.7 Å². The summed E-state index contributed by atoms with van der Waals surface area (Å²) in [5, 5.41) is 3.68. The number of furan rings is 1. The Hall–Kier alpha value is -2.97. The standard InChI is InChI=1S/C23H24Cl2N4O4/c1-4-28-18-12-29(13(2)21(30)27(3)11-15-6-5-9-33-15)22(31)19(18)20(26-23(28)32)16-8-7-14(24)10-17(16)25/h5-10,13,20H,4,11-12H2,1-3H3,(H,26,32)/t13-,20+/m0/s1. The zero-order valence-corrected chi connectivity index (χ0v) is 20.0. The molecule has 0 radical (unpaired) electrons. The SMILES string of the molecule is CCN1C(=O)N[C@H](c2ccc(Cl)cc2Cl)C2=C1CN([C@@H](C)C(=O)N(C)Cc1ccco1)C2=O. The first-order chi connectivity index (χ1) is 15.7. The second-order valence-electron chi connectivity index (χ2n) is 8.04. The molecule has 0 saturated carbocycles. The third-order valence-electron chi connectivity index (χ3n) is 6.01. The maximum absolute atomic E-state index is 13.6. The number of carbonyl (C=O) groups is 3. The van der Waals surface area contributed by atoms with Gasteiger partial charge in [-0.3, -0.25) is 14.5 Å². The van der Waals surface area contributed by atoms with Crippen molar-refractivity contribution in [2.24, 2.45) is 0 Å². The number of carbonyl (C=O) groups excluding carboxylic acids is 3. The lowest BCUT2D eigenvalue weighted by atomic mass is 9.95. The predicted octanol–water partition coefficient (Wildman–Crippen LogP) is 3.82. The number of halogens is 2. The quantitative estimate of drug-likeness (QED) is 0.666. The van der Waals surface area contributed by atoms with Crippen LogP contribution >= 0.6 is 23.2 Å². The summed E-state index contributed by atoms with van der Waals surface area (Å²) in [6.07, 6.45) is 1.55. The van der Waals surface area contributed by atoms with Crippen molar-refractivity contribution in [2.75, 3.05) is 20.1 Å². The van der Waals surface area contributed by atoms with Gasteiger partial charge >= 0.3 is 6.03 Å². The molecule has 2 atom stereocenters. The first-order valence-corrected chi connectivity index (χ1v) is 11.3. The molecule has 1 aromatic heterocycles. The van der Waals surface area contributed by atoms with Gasteiger partial charge in [-0.15, -0.1) is 0 Å². The van der Waals surface area contributed by atoms with E-state index < -0.39 is 12.1 Å². The van der Waals surface area contributed by atoms with Crippen LogP contribution in [0.15, 0.2) is 52.3 Å². The van der Waals surface area contributed by atoms with E-state index in [1.807, 2.05) is 6.92 Å². The van der Waals surface area contributed by atoms with E-state index in [0.717, 1.165) is 0 Å². The first-order valence-electron chi connectivity index (χ1n) is 10.6. The molecule has 8 nitrogen and oxygen atoms in total. The van der Waals surface area contributed by atoms with Crippen molar-refractivity contribution in [2.45, 2.75) is 32.5 Å². The summed E-state index contributed by atoms with van der Waals surface area (Å²) < 4.78 is 5.32. The number of amides is 4. The monoisotopic (exact) mass is 490 g/mol. The van der Waals surface area contributed by atoms with Crippen LogP contribution in [0.2, 0.25) is 10.0 Å².